The molecule has 3 nitrogen and oxygen atoms in total. The molecule has 25 heavy (non-hydrogen) atoms. The van der Waals surface area contributed by atoms with E-state index < -0.39 is 5.41 Å². The van der Waals surface area contributed by atoms with Gasteiger partial charge in [-0.15, -0.1) is 0 Å². The van der Waals surface area contributed by atoms with Crippen LogP contribution in [-0.2, 0) is 9.63 Å². The summed E-state index contributed by atoms with van der Waals surface area (Å²) in [5.74, 6) is 0.841. The zero-order valence-electron chi connectivity index (χ0n) is 15.0. The summed E-state index contributed by atoms with van der Waals surface area (Å²) in [7, 11) is 0. The molecule has 0 saturated carbocycles. The van der Waals surface area contributed by atoms with Crippen molar-refractivity contribution in [3.05, 3.63) is 66.2 Å². The quantitative estimate of drug-likeness (QED) is 0.733. The molecule has 1 saturated heterocycles. The lowest BCUT2D eigenvalue weighted by Gasteiger charge is -2.33. The summed E-state index contributed by atoms with van der Waals surface area (Å²) in [5.41, 5.74) is 1.46. The van der Waals surface area contributed by atoms with Crippen LogP contribution in [0.3, 0.4) is 0 Å². The Morgan fingerprint density at radius 1 is 1.12 bits per heavy atom. The van der Waals surface area contributed by atoms with E-state index in [2.05, 4.69) is 19.1 Å². The van der Waals surface area contributed by atoms with Crippen molar-refractivity contribution in [2.75, 3.05) is 10.8 Å². The van der Waals surface area contributed by atoms with Crippen molar-refractivity contribution >= 4 is 22.6 Å². The highest BCUT2D eigenvalue weighted by Crippen LogP contribution is 2.52. The van der Waals surface area contributed by atoms with E-state index in [9.17, 15) is 4.79 Å². The van der Waals surface area contributed by atoms with Gasteiger partial charge in [0.25, 0.3) is 0 Å². The predicted molar refractivity (Wildman–Crippen MR) is 105 cm³/mol. The van der Waals surface area contributed by atoms with Crippen LogP contribution < -0.4 is 5.06 Å². The number of nitrogens with zero attached hydrogens (tertiary/aromatic N) is 1. The first-order valence-electron chi connectivity index (χ1n) is 8.82. The molecule has 0 unspecified atom stereocenters. The molecule has 0 N–H and O–H groups in total. The summed E-state index contributed by atoms with van der Waals surface area (Å²) in [5, 5.41) is 2.12. The fourth-order valence-corrected chi connectivity index (χ4v) is 4.31. The summed E-state index contributed by atoms with van der Waals surface area (Å²) in [4.78, 5) is 19.4. The highest BCUT2D eigenvalue weighted by molar-refractivity contribution is 8.13. The number of anilines is 1. The molecule has 132 valence electrons. The van der Waals surface area contributed by atoms with E-state index >= 15 is 0 Å². The molecule has 0 aliphatic carbocycles. The van der Waals surface area contributed by atoms with E-state index in [1.54, 1.807) is 0 Å². The number of carbonyl (C=O) groups excluding carboxylic acids is 1. The Kier molecular flexibility index (Phi) is 5.50. The van der Waals surface area contributed by atoms with E-state index in [1.807, 2.05) is 67.4 Å². The van der Waals surface area contributed by atoms with Crippen LogP contribution in [0.1, 0.15) is 38.8 Å². The third-order valence-electron chi connectivity index (χ3n) is 4.92. The zero-order chi connectivity index (χ0) is 17.9. The summed E-state index contributed by atoms with van der Waals surface area (Å²) in [6, 6.07) is 20.1. The normalized spacial score (nSPS) is 26.0. The first kappa shape index (κ1) is 18.0. The highest BCUT2D eigenvalue weighted by Gasteiger charge is 2.56. The molecular weight excluding hydrogens is 330 g/mol. The Bertz CT molecular complexity index is 706. The van der Waals surface area contributed by atoms with Crippen LogP contribution in [0.25, 0.3) is 0 Å². The average molecular weight is 356 g/mol. The van der Waals surface area contributed by atoms with Gasteiger partial charge < -0.3 is 0 Å². The molecule has 0 radical (unpaired) electrons. The largest absolute Gasteiger partial charge is 0.286 e. The molecule has 0 bridgehead atoms. The first-order valence-corrected chi connectivity index (χ1v) is 9.80. The Balaban J connectivity index is 2.05. The Hall–Kier alpha value is -1.78. The van der Waals surface area contributed by atoms with Gasteiger partial charge >= 0.3 is 0 Å². The lowest BCUT2D eigenvalue weighted by molar-refractivity contribution is -0.121. The number of carbonyl (C=O) groups is 1. The number of para-hydroxylation sites is 1. The van der Waals surface area contributed by atoms with Gasteiger partial charge in [-0.25, -0.2) is 5.06 Å². The summed E-state index contributed by atoms with van der Waals surface area (Å²) in [6.45, 7) is 6.15. The van der Waals surface area contributed by atoms with Gasteiger partial charge in [-0.05, 0) is 38.0 Å². The number of rotatable bonds is 5. The fourth-order valence-electron chi connectivity index (χ4n) is 3.34. The topological polar surface area (TPSA) is 29.5 Å². The SMILES string of the molecule is CCCSC(=O)[C@@]1(C)[C@H](C)ON(c2ccccc2)[C@@H]1c1ccccc1. The van der Waals surface area contributed by atoms with Gasteiger partial charge in [0.15, 0.2) is 5.12 Å². The second-order valence-electron chi connectivity index (χ2n) is 6.64. The van der Waals surface area contributed by atoms with Crippen molar-refractivity contribution in [1.29, 1.82) is 0 Å². The predicted octanol–water partition coefficient (Wildman–Crippen LogP) is 5.24. The smallest absolute Gasteiger partial charge is 0.200 e. The second kappa shape index (κ2) is 7.63. The lowest BCUT2D eigenvalue weighted by Crippen LogP contribution is -2.39. The molecule has 2 aromatic rings. The monoisotopic (exact) mass is 355 g/mol. The van der Waals surface area contributed by atoms with E-state index in [1.165, 1.54) is 11.8 Å². The van der Waals surface area contributed by atoms with Crippen LogP contribution in [0.2, 0.25) is 0 Å². The molecule has 1 heterocycles. The number of hydrogen-bond donors (Lipinski definition) is 0. The molecule has 0 spiro atoms. The molecular formula is C21H25NO2S. The van der Waals surface area contributed by atoms with E-state index in [-0.39, 0.29) is 17.3 Å². The van der Waals surface area contributed by atoms with Crippen molar-refractivity contribution in [2.45, 2.75) is 39.3 Å². The minimum absolute atomic E-state index is 0.150. The number of hydroxylamine groups is 1. The maximum Gasteiger partial charge on any atom is 0.200 e. The van der Waals surface area contributed by atoms with Gasteiger partial charge in [0, 0.05) is 5.75 Å². The zero-order valence-corrected chi connectivity index (χ0v) is 15.8. The van der Waals surface area contributed by atoms with E-state index in [0.29, 0.717) is 0 Å². The second-order valence-corrected chi connectivity index (χ2v) is 7.71. The maximum atomic E-state index is 13.2. The van der Waals surface area contributed by atoms with Crippen molar-refractivity contribution < 1.29 is 9.63 Å². The van der Waals surface area contributed by atoms with Crippen LogP contribution >= 0.6 is 11.8 Å². The number of benzene rings is 2. The van der Waals surface area contributed by atoms with Crippen molar-refractivity contribution in [2.24, 2.45) is 5.41 Å². The fraction of sp³-hybridized carbons (Fsp3) is 0.381. The summed E-state index contributed by atoms with van der Waals surface area (Å²) in [6.07, 6.45) is 0.787. The molecule has 0 amide bonds. The minimum atomic E-state index is -0.614. The standard InChI is InChI=1S/C21H25NO2S/c1-4-15-25-20(23)21(3)16(2)24-22(18-13-9-6-10-14-18)19(21)17-11-7-5-8-12-17/h5-14,16,19H,4,15H2,1-3H3/t16-,19+,21-/m0/s1. The first-order chi connectivity index (χ1) is 12.1. The molecule has 1 aliphatic rings. The summed E-state index contributed by atoms with van der Waals surface area (Å²) < 4.78 is 0. The van der Waals surface area contributed by atoms with Crippen LogP contribution in [0.5, 0.6) is 0 Å². The van der Waals surface area contributed by atoms with Crippen molar-refractivity contribution in [3.8, 4) is 0 Å². The Morgan fingerprint density at radius 2 is 1.72 bits per heavy atom. The van der Waals surface area contributed by atoms with Crippen LogP contribution in [0.15, 0.2) is 60.7 Å². The number of thioether (sulfide) groups is 1. The van der Waals surface area contributed by atoms with Crippen molar-refractivity contribution in [3.63, 3.8) is 0 Å². The maximum absolute atomic E-state index is 13.2. The van der Waals surface area contributed by atoms with Crippen LogP contribution in [-0.4, -0.2) is 17.0 Å². The van der Waals surface area contributed by atoms with Gasteiger partial charge in [-0.3, -0.25) is 9.63 Å². The Morgan fingerprint density at radius 3 is 2.32 bits per heavy atom. The highest BCUT2D eigenvalue weighted by atomic mass is 32.2. The number of hydrogen-bond acceptors (Lipinski definition) is 4. The average Bonchev–Trinajstić information content (AvgIpc) is 2.93. The molecule has 3 rings (SSSR count). The van der Waals surface area contributed by atoms with Crippen molar-refractivity contribution in [1.82, 2.24) is 0 Å². The summed E-state index contributed by atoms with van der Waals surface area (Å²) >= 11 is 1.43. The van der Waals surface area contributed by atoms with E-state index in [0.717, 1.165) is 23.4 Å². The Labute approximate surface area is 154 Å². The third kappa shape index (κ3) is 3.33. The van der Waals surface area contributed by atoms with Gasteiger partial charge in [0.2, 0.25) is 0 Å². The van der Waals surface area contributed by atoms with Gasteiger partial charge in [0.05, 0.1) is 23.2 Å². The van der Waals surface area contributed by atoms with E-state index in [4.69, 9.17) is 4.84 Å². The van der Waals surface area contributed by atoms with Gasteiger partial charge in [0.1, 0.15) is 0 Å². The molecule has 4 heteroatoms. The third-order valence-corrected chi connectivity index (χ3v) is 6.24. The molecule has 3 atom stereocenters. The minimum Gasteiger partial charge on any atom is -0.286 e. The van der Waals surface area contributed by atoms with Gasteiger partial charge in [-0.2, -0.15) is 0 Å². The molecule has 2 aromatic carbocycles. The molecule has 1 aliphatic heterocycles. The molecule has 1 fully saturated rings. The van der Waals surface area contributed by atoms with Crippen LogP contribution in [0.4, 0.5) is 5.69 Å². The van der Waals surface area contributed by atoms with Crippen LogP contribution in [0, 0.1) is 5.41 Å². The van der Waals surface area contributed by atoms with Gasteiger partial charge in [-0.1, -0.05) is 67.2 Å². The lowest BCUT2D eigenvalue weighted by atomic mass is 9.76. The molecule has 0 aromatic heterocycles.